The second-order valence-corrected chi connectivity index (χ2v) is 7.79. The predicted molar refractivity (Wildman–Crippen MR) is 106 cm³/mol. The molecule has 0 unspecified atom stereocenters. The van der Waals surface area contributed by atoms with Crippen LogP contribution in [0.5, 0.6) is 5.75 Å². The van der Waals surface area contributed by atoms with Gasteiger partial charge in [0.05, 0.1) is 12.0 Å². The molecule has 1 amide bonds. The van der Waals surface area contributed by atoms with Gasteiger partial charge in [-0.1, -0.05) is 29.8 Å². The minimum absolute atomic E-state index is 0.0382. The highest BCUT2D eigenvalue weighted by molar-refractivity contribution is 7.17. The first kappa shape index (κ1) is 17.1. The fourth-order valence-corrected chi connectivity index (χ4v) is 4.51. The molecule has 3 nitrogen and oxygen atoms in total. The fourth-order valence-electron chi connectivity index (χ4n) is 3.21. The monoisotopic (exact) mass is 383 g/mol. The van der Waals surface area contributed by atoms with Crippen LogP contribution in [0.2, 0.25) is 5.02 Å². The van der Waals surface area contributed by atoms with E-state index in [-0.39, 0.29) is 5.91 Å². The third-order valence-electron chi connectivity index (χ3n) is 4.62. The SMILES string of the molecule is COc1ccc2c(c1)-c1sc(C(=O)NCc3ccc(Cl)cc3)cc1CC2. The molecule has 1 N–H and O–H groups in total. The van der Waals surface area contributed by atoms with Crippen LogP contribution in [0.15, 0.2) is 48.5 Å². The van der Waals surface area contributed by atoms with Crippen molar-refractivity contribution in [2.45, 2.75) is 19.4 Å². The van der Waals surface area contributed by atoms with E-state index >= 15 is 0 Å². The number of hydrogen-bond acceptors (Lipinski definition) is 3. The summed E-state index contributed by atoms with van der Waals surface area (Å²) in [6.45, 7) is 0.489. The molecule has 1 aliphatic carbocycles. The molecule has 0 atom stereocenters. The van der Waals surface area contributed by atoms with E-state index in [1.807, 2.05) is 36.4 Å². The standard InChI is InChI=1S/C21H18ClNO2S/c1-25-17-9-6-14-4-5-15-10-19(26-20(15)18(14)11-17)21(24)23-12-13-2-7-16(22)8-3-13/h2-3,6-11H,4-5,12H2,1H3,(H,23,24). The molecule has 0 radical (unpaired) electrons. The van der Waals surface area contributed by atoms with Gasteiger partial charge in [0.15, 0.2) is 0 Å². The van der Waals surface area contributed by atoms with Gasteiger partial charge in [0.2, 0.25) is 0 Å². The van der Waals surface area contributed by atoms with Crippen molar-refractivity contribution in [3.63, 3.8) is 0 Å². The van der Waals surface area contributed by atoms with E-state index in [0.717, 1.165) is 29.0 Å². The van der Waals surface area contributed by atoms with Crippen LogP contribution in [-0.2, 0) is 19.4 Å². The number of ether oxygens (including phenoxy) is 1. The quantitative estimate of drug-likeness (QED) is 0.680. The average molecular weight is 384 g/mol. The summed E-state index contributed by atoms with van der Waals surface area (Å²) >= 11 is 7.45. The van der Waals surface area contributed by atoms with E-state index in [1.165, 1.54) is 21.6 Å². The van der Waals surface area contributed by atoms with Crippen molar-refractivity contribution in [1.82, 2.24) is 5.32 Å². The number of thiophene rings is 1. The first-order chi connectivity index (χ1) is 12.6. The number of aryl methyl sites for hydroxylation is 2. The normalized spacial score (nSPS) is 12.2. The summed E-state index contributed by atoms with van der Waals surface area (Å²) in [7, 11) is 1.68. The molecule has 1 aliphatic rings. The molecule has 0 saturated heterocycles. The van der Waals surface area contributed by atoms with Crippen molar-refractivity contribution >= 4 is 28.8 Å². The molecule has 0 bridgehead atoms. The Labute approximate surface area is 161 Å². The molecule has 3 aromatic rings. The van der Waals surface area contributed by atoms with Gasteiger partial charge in [-0.15, -0.1) is 11.3 Å². The Balaban J connectivity index is 1.55. The molecule has 0 aliphatic heterocycles. The van der Waals surface area contributed by atoms with Gasteiger partial charge in [-0.2, -0.15) is 0 Å². The van der Waals surface area contributed by atoms with Gasteiger partial charge in [-0.3, -0.25) is 4.79 Å². The Kier molecular flexibility index (Phi) is 4.70. The largest absolute Gasteiger partial charge is 0.497 e. The zero-order valence-corrected chi connectivity index (χ0v) is 15.9. The van der Waals surface area contributed by atoms with Crippen LogP contribution in [0.4, 0.5) is 0 Å². The van der Waals surface area contributed by atoms with Crippen molar-refractivity contribution in [2.24, 2.45) is 0 Å². The fraction of sp³-hybridized carbons (Fsp3) is 0.190. The number of fused-ring (bicyclic) bond motifs is 3. The smallest absolute Gasteiger partial charge is 0.261 e. The first-order valence-electron chi connectivity index (χ1n) is 8.46. The Morgan fingerprint density at radius 2 is 1.88 bits per heavy atom. The summed E-state index contributed by atoms with van der Waals surface area (Å²) in [6.07, 6.45) is 1.96. The first-order valence-corrected chi connectivity index (χ1v) is 9.66. The maximum atomic E-state index is 12.6. The topological polar surface area (TPSA) is 38.3 Å². The lowest BCUT2D eigenvalue weighted by molar-refractivity contribution is 0.0955. The molecular formula is C21H18ClNO2S. The molecule has 26 heavy (non-hydrogen) atoms. The van der Waals surface area contributed by atoms with E-state index in [4.69, 9.17) is 16.3 Å². The lowest BCUT2D eigenvalue weighted by atomic mass is 9.91. The van der Waals surface area contributed by atoms with E-state index in [1.54, 1.807) is 18.4 Å². The Hall–Kier alpha value is -2.30. The molecule has 0 fully saturated rings. The Morgan fingerprint density at radius 1 is 1.12 bits per heavy atom. The third-order valence-corrected chi connectivity index (χ3v) is 6.09. The molecule has 0 saturated carbocycles. The maximum absolute atomic E-state index is 12.6. The zero-order valence-electron chi connectivity index (χ0n) is 14.3. The van der Waals surface area contributed by atoms with E-state index < -0.39 is 0 Å². The molecule has 2 aromatic carbocycles. The van der Waals surface area contributed by atoms with Crippen LogP contribution >= 0.6 is 22.9 Å². The highest BCUT2D eigenvalue weighted by atomic mass is 35.5. The van der Waals surface area contributed by atoms with E-state index in [0.29, 0.717) is 11.6 Å². The molecular weight excluding hydrogens is 366 g/mol. The molecule has 132 valence electrons. The summed E-state index contributed by atoms with van der Waals surface area (Å²) < 4.78 is 5.36. The second kappa shape index (κ2) is 7.14. The third kappa shape index (κ3) is 3.35. The van der Waals surface area contributed by atoms with Crippen molar-refractivity contribution in [3.05, 3.63) is 75.1 Å². The van der Waals surface area contributed by atoms with Crippen LogP contribution in [0.25, 0.3) is 10.4 Å². The van der Waals surface area contributed by atoms with Crippen molar-refractivity contribution in [2.75, 3.05) is 7.11 Å². The van der Waals surface area contributed by atoms with Crippen molar-refractivity contribution in [3.8, 4) is 16.2 Å². The zero-order chi connectivity index (χ0) is 18.1. The van der Waals surface area contributed by atoms with Gasteiger partial charge in [0.25, 0.3) is 5.91 Å². The number of amides is 1. The minimum Gasteiger partial charge on any atom is -0.497 e. The highest BCUT2D eigenvalue weighted by Gasteiger charge is 2.22. The van der Waals surface area contributed by atoms with Crippen LogP contribution in [0.3, 0.4) is 0 Å². The van der Waals surface area contributed by atoms with Crippen LogP contribution < -0.4 is 10.1 Å². The number of halogens is 1. The predicted octanol–water partition coefficient (Wildman–Crippen LogP) is 5.11. The molecule has 1 aromatic heterocycles. The van der Waals surface area contributed by atoms with Gasteiger partial charge in [0.1, 0.15) is 5.75 Å². The van der Waals surface area contributed by atoms with Crippen LogP contribution in [-0.4, -0.2) is 13.0 Å². The highest BCUT2D eigenvalue weighted by Crippen LogP contribution is 2.41. The summed E-state index contributed by atoms with van der Waals surface area (Å²) in [5, 5.41) is 3.69. The van der Waals surface area contributed by atoms with E-state index in [9.17, 15) is 4.79 Å². The second-order valence-electron chi connectivity index (χ2n) is 6.30. The number of carbonyl (C=O) groups is 1. The van der Waals surface area contributed by atoms with Gasteiger partial charge in [0, 0.05) is 16.4 Å². The molecule has 1 heterocycles. The molecule has 4 rings (SSSR count). The number of benzene rings is 2. The number of hydrogen-bond donors (Lipinski definition) is 1. The van der Waals surface area contributed by atoms with E-state index in [2.05, 4.69) is 17.4 Å². The number of rotatable bonds is 4. The Morgan fingerprint density at radius 3 is 2.65 bits per heavy atom. The van der Waals surface area contributed by atoms with Gasteiger partial charge >= 0.3 is 0 Å². The molecule has 5 heteroatoms. The van der Waals surface area contributed by atoms with Crippen molar-refractivity contribution in [1.29, 1.82) is 0 Å². The van der Waals surface area contributed by atoms with Crippen LogP contribution in [0.1, 0.15) is 26.4 Å². The number of nitrogens with one attached hydrogen (secondary N) is 1. The lowest BCUT2D eigenvalue weighted by Gasteiger charge is -2.16. The average Bonchev–Trinajstić information content (AvgIpc) is 3.12. The summed E-state index contributed by atoms with van der Waals surface area (Å²) in [5.74, 6) is 0.808. The summed E-state index contributed by atoms with van der Waals surface area (Å²) in [6, 6.07) is 15.7. The molecule has 0 spiro atoms. The summed E-state index contributed by atoms with van der Waals surface area (Å²) in [5.41, 5.74) is 4.77. The van der Waals surface area contributed by atoms with Gasteiger partial charge in [-0.05, 0) is 65.4 Å². The van der Waals surface area contributed by atoms with Crippen LogP contribution in [0, 0.1) is 0 Å². The van der Waals surface area contributed by atoms with Crippen molar-refractivity contribution < 1.29 is 9.53 Å². The lowest BCUT2D eigenvalue weighted by Crippen LogP contribution is -2.21. The Bertz CT molecular complexity index is 963. The van der Waals surface area contributed by atoms with Gasteiger partial charge < -0.3 is 10.1 Å². The minimum atomic E-state index is -0.0382. The number of methoxy groups -OCH3 is 1. The van der Waals surface area contributed by atoms with Gasteiger partial charge in [-0.25, -0.2) is 0 Å². The maximum Gasteiger partial charge on any atom is 0.261 e. The summed E-state index contributed by atoms with van der Waals surface area (Å²) in [4.78, 5) is 14.5. The number of carbonyl (C=O) groups excluding carboxylic acids is 1.